The number of carbonyl (C=O) groups is 1. The van der Waals surface area contributed by atoms with Crippen LogP contribution in [0.4, 0.5) is 0 Å². The molecule has 0 aliphatic rings. The van der Waals surface area contributed by atoms with Crippen LogP contribution in [0, 0.1) is 5.41 Å². The average Bonchev–Trinajstić information content (AvgIpc) is 2.15. The molecule has 96 valence electrons. The molecule has 0 aromatic carbocycles. The van der Waals surface area contributed by atoms with E-state index in [4.69, 9.17) is 4.74 Å². The summed E-state index contributed by atoms with van der Waals surface area (Å²) in [5.74, 6) is 0.0333. The normalized spacial score (nSPS) is 13.6. The van der Waals surface area contributed by atoms with Crippen LogP contribution >= 0.6 is 0 Å². The maximum Gasteiger partial charge on any atom is 0.236 e. The van der Waals surface area contributed by atoms with Crippen LogP contribution in [0.1, 0.15) is 34.1 Å². The molecule has 0 heterocycles. The minimum Gasteiger partial charge on any atom is -0.383 e. The second kappa shape index (κ2) is 7.63. The molecule has 0 radical (unpaired) electrons. The van der Waals surface area contributed by atoms with Gasteiger partial charge in [0.2, 0.25) is 5.91 Å². The molecule has 1 unspecified atom stereocenters. The lowest BCUT2D eigenvalue weighted by Crippen LogP contribution is -2.43. The van der Waals surface area contributed by atoms with Crippen LogP contribution in [0.25, 0.3) is 0 Å². The van der Waals surface area contributed by atoms with Gasteiger partial charge in [0.05, 0.1) is 12.6 Å². The van der Waals surface area contributed by atoms with Gasteiger partial charge < -0.3 is 15.4 Å². The Labute approximate surface area is 99.1 Å². The number of hydrogen-bond acceptors (Lipinski definition) is 3. The van der Waals surface area contributed by atoms with E-state index in [9.17, 15) is 4.79 Å². The molecule has 0 aliphatic carbocycles. The molecular formula is C12H26N2O2. The number of carbonyl (C=O) groups excluding carboxylic acids is 1. The zero-order chi connectivity index (χ0) is 12.6. The van der Waals surface area contributed by atoms with Crippen LogP contribution in [0.5, 0.6) is 0 Å². The minimum absolute atomic E-state index is 0.0333. The van der Waals surface area contributed by atoms with Gasteiger partial charge in [0.15, 0.2) is 0 Å². The summed E-state index contributed by atoms with van der Waals surface area (Å²) >= 11 is 0. The summed E-state index contributed by atoms with van der Waals surface area (Å²) in [7, 11) is 1.62. The smallest absolute Gasteiger partial charge is 0.236 e. The number of amides is 1. The lowest BCUT2D eigenvalue weighted by Gasteiger charge is -2.20. The van der Waals surface area contributed by atoms with Gasteiger partial charge in [-0.1, -0.05) is 20.8 Å². The Morgan fingerprint density at radius 2 is 1.94 bits per heavy atom. The first-order valence-corrected chi connectivity index (χ1v) is 5.87. The van der Waals surface area contributed by atoms with Crippen molar-refractivity contribution in [1.82, 2.24) is 10.6 Å². The summed E-state index contributed by atoms with van der Waals surface area (Å²) in [5, 5.41) is 6.02. The molecule has 1 atom stereocenters. The lowest BCUT2D eigenvalue weighted by atomic mass is 9.92. The number of nitrogens with one attached hydrogen (secondary N) is 2. The molecule has 0 saturated heterocycles. The van der Waals surface area contributed by atoms with Crippen LogP contribution < -0.4 is 10.6 Å². The summed E-state index contributed by atoms with van der Waals surface area (Å²) in [6.45, 7) is 10.4. The summed E-state index contributed by atoms with van der Waals surface area (Å²) in [6, 6.07) is -0.140. The fourth-order valence-electron chi connectivity index (χ4n) is 1.19. The first-order chi connectivity index (χ1) is 7.37. The van der Waals surface area contributed by atoms with Crippen molar-refractivity contribution in [3.05, 3.63) is 0 Å². The molecule has 0 aromatic heterocycles. The number of methoxy groups -OCH3 is 1. The predicted octanol–water partition coefficient (Wildman–Crippen LogP) is 1.16. The van der Waals surface area contributed by atoms with Gasteiger partial charge in [-0.3, -0.25) is 4.79 Å². The lowest BCUT2D eigenvalue weighted by molar-refractivity contribution is -0.122. The summed E-state index contributed by atoms with van der Waals surface area (Å²) in [6.07, 6.45) is 1.06. The number of hydrogen-bond donors (Lipinski definition) is 2. The third kappa shape index (κ3) is 8.68. The molecular weight excluding hydrogens is 204 g/mol. The van der Waals surface area contributed by atoms with E-state index in [2.05, 4.69) is 31.4 Å². The van der Waals surface area contributed by atoms with E-state index in [0.717, 1.165) is 13.0 Å². The quantitative estimate of drug-likeness (QED) is 0.645. The third-order valence-electron chi connectivity index (χ3n) is 2.32. The van der Waals surface area contributed by atoms with Crippen molar-refractivity contribution in [3.63, 3.8) is 0 Å². The zero-order valence-corrected chi connectivity index (χ0v) is 11.2. The average molecular weight is 230 g/mol. The van der Waals surface area contributed by atoms with E-state index in [-0.39, 0.29) is 11.9 Å². The Kier molecular flexibility index (Phi) is 7.34. The van der Waals surface area contributed by atoms with Crippen LogP contribution in [0.15, 0.2) is 0 Å². The van der Waals surface area contributed by atoms with Crippen molar-refractivity contribution in [1.29, 1.82) is 0 Å². The second-order valence-electron chi connectivity index (χ2n) is 5.27. The molecule has 0 saturated carbocycles. The van der Waals surface area contributed by atoms with Crippen molar-refractivity contribution < 1.29 is 9.53 Å². The molecule has 0 spiro atoms. The van der Waals surface area contributed by atoms with E-state index < -0.39 is 0 Å². The van der Waals surface area contributed by atoms with Gasteiger partial charge in [0.1, 0.15) is 0 Å². The van der Waals surface area contributed by atoms with E-state index in [1.807, 2.05) is 6.92 Å². The highest BCUT2D eigenvalue weighted by atomic mass is 16.5. The Morgan fingerprint density at radius 3 is 2.44 bits per heavy atom. The molecule has 0 rings (SSSR count). The van der Waals surface area contributed by atoms with E-state index in [1.165, 1.54) is 0 Å². The third-order valence-corrected chi connectivity index (χ3v) is 2.32. The monoisotopic (exact) mass is 230 g/mol. The fraction of sp³-hybridized carbons (Fsp3) is 0.917. The van der Waals surface area contributed by atoms with Crippen molar-refractivity contribution in [2.24, 2.45) is 5.41 Å². The molecule has 4 nitrogen and oxygen atoms in total. The first-order valence-electron chi connectivity index (χ1n) is 5.87. The van der Waals surface area contributed by atoms with Crippen molar-refractivity contribution >= 4 is 5.91 Å². The Balaban J connectivity index is 3.63. The molecule has 2 N–H and O–H groups in total. The minimum atomic E-state index is -0.140. The van der Waals surface area contributed by atoms with Crippen LogP contribution in [0.2, 0.25) is 0 Å². The van der Waals surface area contributed by atoms with Crippen LogP contribution in [-0.4, -0.2) is 38.8 Å². The van der Waals surface area contributed by atoms with Crippen molar-refractivity contribution in [3.8, 4) is 0 Å². The number of rotatable bonds is 7. The maximum atomic E-state index is 11.5. The molecule has 0 fully saturated rings. The predicted molar refractivity (Wildman–Crippen MR) is 66.4 cm³/mol. The largest absolute Gasteiger partial charge is 0.383 e. The van der Waals surface area contributed by atoms with Gasteiger partial charge in [-0.15, -0.1) is 0 Å². The van der Waals surface area contributed by atoms with Gasteiger partial charge in [-0.05, 0) is 25.3 Å². The Morgan fingerprint density at radius 1 is 1.31 bits per heavy atom. The molecule has 4 heteroatoms. The van der Waals surface area contributed by atoms with Crippen LogP contribution in [-0.2, 0) is 9.53 Å². The van der Waals surface area contributed by atoms with Crippen LogP contribution in [0.3, 0.4) is 0 Å². The summed E-state index contributed by atoms with van der Waals surface area (Å²) in [4.78, 5) is 11.5. The molecule has 1 amide bonds. The fourth-order valence-corrected chi connectivity index (χ4v) is 1.19. The Hall–Kier alpha value is -0.610. The molecule has 0 bridgehead atoms. The highest BCUT2D eigenvalue weighted by molar-refractivity contribution is 5.81. The van der Waals surface area contributed by atoms with Crippen molar-refractivity contribution in [2.75, 3.05) is 26.8 Å². The zero-order valence-electron chi connectivity index (χ0n) is 11.2. The van der Waals surface area contributed by atoms with E-state index >= 15 is 0 Å². The van der Waals surface area contributed by atoms with Gasteiger partial charge in [0, 0.05) is 13.7 Å². The molecule has 16 heavy (non-hydrogen) atoms. The van der Waals surface area contributed by atoms with Gasteiger partial charge in [-0.2, -0.15) is 0 Å². The topological polar surface area (TPSA) is 50.4 Å². The van der Waals surface area contributed by atoms with Gasteiger partial charge in [0.25, 0.3) is 0 Å². The summed E-state index contributed by atoms with van der Waals surface area (Å²) < 4.78 is 4.86. The highest BCUT2D eigenvalue weighted by Gasteiger charge is 2.14. The molecule has 0 aliphatic heterocycles. The SMILES string of the molecule is COCCNC(=O)C(C)NCCC(C)(C)C. The second-order valence-corrected chi connectivity index (χ2v) is 5.27. The van der Waals surface area contributed by atoms with E-state index in [1.54, 1.807) is 7.11 Å². The van der Waals surface area contributed by atoms with Crippen molar-refractivity contribution in [2.45, 2.75) is 40.2 Å². The highest BCUT2D eigenvalue weighted by Crippen LogP contribution is 2.16. The standard InChI is InChI=1S/C12H26N2O2/c1-10(11(15)14-8-9-16-5)13-7-6-12(2,3)4/h10,13H,6-9H2,1-5H3,(H,14,15). The first kappa shape index (κ1) is 15.4. The maximum absolute atomic E-state index is 11.5. The van der Waals surface area contributed by atoms with E-state index in [0.29, 0.717) is 18.6 Å². The Bertz CT molecular complexity index is 200. The number of ether oxygens (including phenoxy) is 1. The van der Waals surface area contributed by atoms with Gasteiger partial charge >= 0.3 is 0 Å². The van der Waals surface area contributed by atoms with Gasteiger partial charge in [-0.25, -0.2) is 0 Å². The molecule has 0 aromatic rings. The summed E-state index contributed by atoms with van der Waals surface area (Å²) in [5.41, 5.74) is 0.305.